The third kappa shape index (κ3) is 4.23. The van der Waals surface area contributed by atoms with Crippen LogP contribution < -0.4 is 10.9 Å². The van der Waals surface area contributed by atoms with Crippen LogP contribution in [-0.2, 0) is 16.1 Å². The van der Waals surface area contributed by atoms with Crippen LogP contribution in [0.2, 0.25) is 5.02 Å². The molecule has 2 aromatic heterocycles. The van der Waals surface area contributed by atoms with E-state index in [1.807, 2.05) is 0 Å². The van der Waals surface area contributed by atoms with Crippen molar-refractivity contribution in [2.45, 2.75) is 27.4 Å². The van der Waals surface area contributed by atoms with E-state index in [0.717, 1.165) is 4.57 Å². The van der Waals surface area contributed by atoms with E-state index < -0.39 is 11.5 Å². The molecule has 3 rings (SSSR count). The number of aromatic nitrogens is 2. The summed E-state index contributed by atoms with van der Waals surface area (Å²) in [6.07, 6.45) is 0. The maximum Gasteiger partial charge on any atom is 0.338 e. The van der Waals surface area contributed by atoms with Crippen LogP contribution in [0.3, 0.4) is 0 Å². The Hall–Kier alpha value is -3.13. The molecule has 0 unspecified atom stereocenters. The fourth-order valence-corrected chi connectivity index (χ4v) is 2.56. The minimum atomic E-state index is -0.637. The van der Waals surface area contributed by atoms with Crippen molar-refractivity contribution < 1.29 is 18.8 Å². The second-order valence-corrected chi connectivity index (χ2v) is 6.91. The molecule has 28 heavy (non-hydrogen) atoms. The topological polar surface area (TPSA) is 103 Å². The Morgan fingerprint density at radius 3 is 2.75 bits per heavy atom. The van der Waals surface area contributed by atoms with Crippen LogP contribution in [0, 0.1) is 12.8 Å². The quantitative estimate of drug-likeness (QED) is 0.656. The molecular formula is C19H18ClN3O5. The van der Waals surface area contributed by atoms with Crippen molar-refractivity contribution in [1.82, 2.24) is 9.56 Å². The summed E-state index contributed by atoms with van der Waals surface area (Å²) in [6.45, 7) is 5.00. The zero-order chi connectivity index (χ0) is 20.4. The van der Waals surface area contributed by atoms with Crippen molar-refractivity contribution in [2.75, 3.05) is 5.32 Å². The molecule has 0 atom stereocenters. The van der Waals surface area contributed by atoms with Crippen LogP contribution in [0.1, 0.15) is 35.7 Å². The van der Waals surface area contributed by atoms with Gasteiger partial charge in [0.2, 0.25) is 5.91 Å². The molecule has 0 bridgehead atoms. The van der Waals surface area contributed by atoms with Gasteiger partial charge in [0.1, 0.15) is 12.4 Å². The third-order valence-electron chi connectivity index (χ3n) is 3.86. The highest BCUT2D eigenvalue weighted by molar-refractivity contribution is 6.33. The number of carbonyl (C=O) groups is 2. The first-order valence-electron chi connectivity index (χ1n) is 8.51. The van der Waals surface area contributed by atoms with Crippen molar-refractivity contribution in [2.24, 2.45) is 5.92 Å². The molecule has 0 saturated heterocycles. The Kier molecular flexibility index (Phi) is 5.51. The molecule has 146 valence electrons. The Morgan fingerprint density at radius 2 is 2.04 bits per heavy atom. The van der Waals surface area contributed by atoms with E-state index in [4.69, 9.17) is 20.9 Å². The lowest BCUT2D eigenvalue weighted by Gasteiger charge is -2.11. The zero-order valence-electron chi connectivity index (χ0n) is 15.5. The molecule has 0 saturated carbocycles. The van der Waals surface area contributed by atoms with Crippen molar-refractivity contribution in [3.8, 4) is 0 Å². The lowest BCUT2D eigenvalue weighted by atomic mass is 10.1. The highest BCUT2D eigenvalue weighted by atomic mass is 35.5. The van der Waals surface area contributed by atoms with E-state index >= 15 is 0 Å². The number of aryl methyl sites for hydroxylation is 1. The van der Waals surface area contributed by atoms with Gasteiger partial charge in [0.25, 0.3) is 5.56 Å². The molecule has 1 aromatic carbocycles. The lowest BCUT2D eigenvalue weighted by molar-refractivity contribution is -0.118. The predicted molar refractivity (Wildman–Crippen MR) is 103 cm³/mol. The Bertz CT molecular complexity index is 1120. The summed E-state index contributed by atoms with van der Waals surface area (Å²) in [5, 5.41) is 2.97. The van der Waals surface area contributed by atoms with E-state index in [2.05, 4.69) is 10.3 Å². The first kappa shape index (κ1) is 19.6. The van der Waals surface area contributed by atoms with E-state index in [1.165, 1.54) is 24.3 Å². The average molecular weight is 404 g/mol. The Balaban J connectivity index is 1.74. The number of carbonyl (C=O) groups excluding carboxylic acids is 2. The van der Waals surface area contributed by atoms with Gasteiger partial charge in [-0.25, -0.2) is 9.78 Å². The molecule has 0 fully saturated rings. The molecule has 3 aromatic rings. The number of benzene rings is 1. The summed E-state index contributed by atoms with van der Waals surface area (Å²) in [5.74, 6) is -0.558. The summed E-state index contributed by atoms with van der Waals surface area (Å²) in [7, 11) is 0. The van der Waals surface area contributed by atoms with Gasteiger partial charge in [-0.2, -0.15) is 0 Å². The van der Waals surface area contributed by atoms with E-state index in [-0.39, 0.29) is 24.0 Å². The number of ether oxygens (including phenoxy) is 1. The van der Waals surface area contributed by atoms with Gasteiger partial charge in [0, 0.05) is 18.1 Å². The number of fused-ring (bicyclic) bond motifs is 1. The Labute approximate surface area is 165 Å². The molecule has 1 amide bonds. The maximum atomic E-state index is 12.3. The van der Waals surface area contributed by atoms with Gasteiger partial charge in [-0.3, -0.25) is 9.59 Å². The normalized spacial score (nSPS) is 11.0. The number of nitrogens with zero attached hydrogens (tertiary/aromatic N) is 2. The van der Waals surface area contributed by atoms with Crippen LogP contribution in [0.5, 0.6) is 0 Å². The molecule has 9 heteroatoms. The largest absolute Gasteiger partial charge is 0.456 e. The number of nitrogens with one attached hydrogen (secondary N) is 1. The van der Waals surface area contributed by atoms with Gasteiger partial charge in [-0.1, -0.05) is 25.4 Å². The van der Waals surface area contributed by atoms with E-state index in [1.54, 1.807) is 26.8 Å². The average Bonchev–Trinajstić information content (AvgIpc) is 3.02. The van der Waals surface area contributed by atoms with E-state index in [0.29, 0.717) is 27.8 Å². The minimum Gasteiger partial charge on any atom is -0.456 e. The molecular weight excluding hydrogens is 386 g/mol. The Morgan fingerprint density at radius 1 is 1.29 bits per heavy atom. The van der Waals surface area contributed by atoms with Gasteiger partial charge in [0.15, 0.2) is 5.65 Å². The van der Waals surface area contributed by atoms with Gasteiger partial charge >= 0.3 is 5.97 Å². The van der Waals surface area contributed by atoms with Crippen LogP contribution in [0.15, 0.2) is 39.6 Å². The molecule has 0 aliphatic carbocycles. The van der Waals surface area contributed by atoms with Crippen molar-refractivity contribution in [3.05, 3.63) is 62.7 Å². The van der Waals surface area contributed by atoms with Crippen LogP contribution >= 0.6 is 11.6 Å². The van der Waals surface area contributed by atoms with Crippen LogP contribution in [0.25, 0.3) is 5.65 Å². The fraction of sp³-hybridized carbons (Fsp3) is 0.263. The summed E-state index contributed by atoms with van der Waals surface area (Å²) in [4.78, 5) is 40.4. The SMILES string of the molecule is Cc1cc2nc(COC(=O)c3ccc(Cl)c(NC(=O)C(C)C)c3)cc(=O)n2o1. The molecule has 0 aliphatic heterocycles. The first-order valence-corrected chi connectivity index (χ1v) is 8.89. The number of hydrogen-bond acceptors (Lipinski definition) is 6. The van der Waals surface area contributed by atoms with Gasteiger partial charge in [-0.15, -0.1) is 4.57 Å². The summed E-state index contributed by atoms with van der Waals surface area (Å²) in [6, 6.07) is 7.27. The van der Waals surface area contributed by atoms with Crippen molar-refractivity contribution >= 4 is 34.8 Å². The number of anilines is 1. The number of hydrogen-bond donors (Lipinski definition) is 1. The highest BCUT2D eigenvalue weighted by Crippen LogP contribution is 2.24. The minimum absolute atomic E-state index is 0.189. The van der Waals surface area contributed by atoms with E-state index in [9.17, 15) is 14.4 Å². The van der Waals surface area contributed by atoms with Crippen molar-refractivity contribution in [1.29, 1.82) is 0 Å². The maximum absolute atomic E-state index is 12.3. The first-order chi connectivity index (χ1) is 13.2. The zero-order valence-corrected chi connectivity index (χ0v) is 16.2. The smallest absolute Gasteiger partial charge is 0.338 e. The summed E-state index contributed by atoms with van der Waals surface area (Å²) >= 11 is 6.07. The monoisotopic (exact) mass is 403 g/mol. The second kappa shape index (κ2) is 7.85. The summed E-state index contributed by atoms with van der Waals surface area (Å²) < 4.78 is 11.5. The van der Waals surface area contributed by atoms with Gasteiger partial charge in [-0.05, 0) is 25.1 Å². The van der Waals surface area contributed by atoms with Gasteiger partial charge < -0.3 is 14.6 Å². The standard InChI is InChI=1S/C19H18ClN3O5/c1-10(2)18(25)22-15-7-12(4-5-14(15)20)19(26)27-9-13-8-17(24)23-16(21-13)6-11(3)28-23/h4-8,10H,9H2,1-3H3,(H,22,25). The number of rotatable bonds is 5. The summed E-state index contributed by atoms with van der Waals surface area (Å²) in [5.41, 5.74) is 0.749. The van der Waals surface area contributed by atoms with Crippen molar-refractivity contribution in [3.63, 3.8) is 0 Å². The third-order valence-corrected chi connectivity index (χ3v) is 4.19. The van der Waals surface area contributed by atoms with Gasteiger partial charge in [0.05, 0.1) is 22.0 Å². The van der Waals surface area contributed by atoms with Crippen LogP contribution in [0.4, 0.5) is 5.69 Å². The molecule has 1 N–H and O–H groups in total. The molecule has 0 spiro atoms. The molecule has 2 heterocycles. The van der Waals surface area contributed by atoms with Crippen LogP contribution in [-0.4, -0.2) is 21.4 Å². The highest BCUT2D eigenvalue weighted by Gasteiger charge is 2.15. The fourth-order valence-electron chi connectivity index (χ4n) is 2.40. The molecule has 8 nitrogen and oxygen atoms in total. The second-order valence-electron chi connectivity index (χ2n) is 6.50. The predicted octanol–water partition coefficient (Wildman–Crippen LogP) is 3.20. The lowest BCUT2D eigenvalue weighted by Crippen LogP contribution is -2.18. The number of esters is 1. The number of halogens is 1. The molecule has 0 radical (unpaired) electrons. The number of amides is 1. The molecule has 0 aliphatic rings.